The van der Waals surface area contributed by atoms with Gasteiger partial charge in [-0.3, -0.25) is 9.78 Å². The minimum absolute atomic E-state index is 0.0729. The number of hydrogen-bond acceptors (Lipinski definition) is 4. The quantitative estimate of drug-likeness (QED) is 0.596. The molecular weight excluding hydrogens is 445 g/mol. The zero-order chi connectivity index (χ0) is 23.7. The van der Waals surface area contributed by atoms with Crippen LogP contribution in [-0.4, -0.2) is 48.7 Å². The van der Waals surface area contributed by atoms with E-state index in [1.165, 1.54) is 18.2 Å². The van der Waals surface area contributed by atoms with Gasteiger partial charge in [0.25, 0.3) is 5.91 Å². The number of aromatic nitrogens is 2. The SMILES string of the molecule is O=C1NCCc2[nH]c(-c3ccnc(C=Cc4ccc(N5CCOCC5)cc4C(F)(F)F)c3)cc21. The first kappa shape index (κ1) is 22.2. The van der Waals surface area contributed by atoms with Crippen LogP contribution in [0.3, 0.4) is 0 Å². The standard InChI is InChI=1S/C25H23F3N4O2/c26-25(27,28)21-14-19(32-9-11-34-12-10-32)4-2-16(21)1-3-18-13-17(5-7-29-18)23-15-20-22(31-23)6-8-30-24(20)33/h1-5,7,13-15,31H,6,8-12H2,(H,30,33). The molecule has 0 atom stereocenters. The van der Waals surface area contributed by atoms with Gasteiger partial charge >= 0.3 is 6.18 Å². The van der Waals surface area contributed by atoms with Crippen LogP contribution in [-0.2, 0) is 17.3 Å². The summed E-state index contributed by atoms with van der Waals surface area (Å²) >= 11 is 0. The smallest absolute Gasteiger partial charge is 0.378 e. The zero-order valence-corrected chi connectivity index (χ0v) is 18.3. The third-order valence-corrected chi connectivity index (χ3v) is 6.05. The average molecular weight is 468 g/mol. The number of carbonyl (C=O) groups excluding carboxylic acids is 1. The Bertz CT molecular complexity index is 1240. The number of ether oxygens (including phenoxy) is 1. The molecule has 0 bridgehead atoms. The molecule has 3 aromatic rings. The number of hydrogen-bond donors (Lipinski definition) is 2. The van der Waals surface area contributed by atoms with Crippen molar-refractivity contribution in [3.63, 3.8) is 0 Å². The first-order chi connectivity index (χ1) is 16.4. The van der Waals surface area contributed by atoms with E-state index in [0.29, 0.717) is 49.8 Å². The molecule has 1 amide bonds. The highest BCUT2D eigenvalue weighted by Crippen LogP contribution is 2.36. The van der Waals surface area contributed by atoms with Crippen LogP contribution in [0.4, 0.5) is 18.9 Å². The molecule has 6 nitrogen and oxygen atoms in total. The first-order valence-corrected chi connectivity index (χ1v) is 11.1. The van der Waals surface area contributed by atoms with E-state index < -0.39 is 11.7 Å². The van der Waals surface area contributed by atoms with Crippen molar-refractivity contribution < 1.29 is 22.7 Å². The number of fused-ring (bicyclic) bond motifs is 1. The van der Waals surface area contributed by atoms with E-state index in [1.54, 1.807) is 36.5 Å². The van der Waals surface area contributed by atoms with Gasteiger partial charge in [-0.15, -0.1) is 0 Å². The summed E-state index contributed by atoms with van der Waals surface area (Å²) < 4.78 is 46.8. The van der Waals surface area contributed by atoms with Crippen LogP contribution in [0, 0.1) is 0 Å². The molecule has 4 heterocycles. The number of anilines is 1. The summed E-state index contributed by atoms with van der Waals surface area (Å²) in [6.45, 7) is 2.71. The molecule has 0 spiro atoms. The topological polar surface area (TPSA) is 70.2 Å². The Kier molecular flexibility index (Phi) is 5.87. The Hall–Kier alpha value is -3.59. The van der Waals surface area contributed by atoms with Crippen LogP contribution in [0.2, 0.25) is 0 Å². The van der Waals surface area contributed by atoms with Gasteiger partial charge in [-0.1, -0.05) is 12.1 Å². The van der Waals surface area contributed by atoms with Crippen molar-refractivity contribution in [2.45, 2.75) is 12.6 Å². The largest absolute Gasteiger partial charge is 0.417 e. The minimum atomic E-state index is -4.48. The second-order valence-corrected chi connectivity index (χ2v) is 8.25. The van der Waals surface area contributed by atoms with Crippen molar-refractivity contribution in [1.29, 1.82) is 0 Å². The minimum Gasteiger partial charge on any atom is -0.378 e. The van der Waals surface area contributed by atoms with E-state index in [4.69, 9.17) is 4.74 Å². The number of morpholine rings is 1. The number of alkyl halides is 3. The summed E-state index contributed by atoms with van der Waals surface area (Å²) in [5.74, 6) is -0.113. The molecule has 34 heavy (non-hydrogen) atoms. The molecule has 2 aromatic heterocycles. The number of nitrogens with zero attached hydrogens (tertiary/aromatic N) is 2. The van der Waals surface area contributed by atoms with Gasteiger partial charge in [0.1, 0.15) is 0 Å². The van der Waals surface area contributed by atoms with Gasteiger partial charge in [-0.25, -0.2) is 0 Å². The summed E-state index contributed by atoms with van der Waals surface area (Å²) in [4.78, 5) is 21.5. The Morgan fingerprint density at radius 3 is 2.65 bits per heavy atom. The van der Waals surface area contributed by atoms with Crippen LogP contribution in [0.1, 0.15) is 32.9 Å². The van der Waals surface area contributed by atoms with Crippen molar-refractivity contribution >= 4 is 23.7 Å². The molecule has 1 aromatic carbocycles. The van der Waals surface area contributed by atoms with Gasteiger partial charge in [-0.2, -0.15) is 13.2 Å². The number of halogens is 3. The van der Waals surface area contributed by atoms with Gasteiger partial charge in [-0.05, 0) is 42.0 Å². The van der Waals surface area contributed by atoms with Crippen molar-refractivity contribution in [2.75, 3.05) is 37.7 Å². The molecular formula is C25H23F3N4O2. The third-order valence-electron chi connectivity index (χ3n) is 6.05. The molecule has 1 saturated heterocycles. The fourth-order valence-corrected chi connectivity index (χ4v) is 4.28. The van der Waals surface area contributed by atoms with E-state index in [9.17, 15) is 18.0 Å². The summed E-state index contributed by atoms with van der Waals surface area (Å²) in [6.07, 6.45) is 0.838. The Morgan fingerprint density at radius 1 is 1.06 bits per heavy atom. The van der Waals surface area contributed by atoms with Crippen LogP contribution in [0.5, 0.6) is 0 Å². The van der Waals surface area contributed by atoms with E-state index in [-0.39, 0.29) is 11.5 Å². The molecule has 0 unspecified atom stereocenters. The van der Waals surface area contributed by atoms with E-state index in [0.717, 1.165) is 23.4 Å². The maximum Gasteiger partial charge on any atom is 0.417 e. The van der Waals surface area contributed by atoms with Gasteiger partial charge in [0.15, 0.2) is 0 Å². The molecule has 176 valence electrons. The predicted octanol–water partition coefficient (Wildman–Crippen LogP) is 4.39. The monoisotopic (exact) mass is 468 g/mol. The van der Waals surface area contributed by atoms with Crippen molar-refractivity contribution in [3.05, 3.63) is 70.7 Å². The molecule has 0 saturated carbocycles. The van der Waals surface area contributed by atoms with E-state index in [2.05, 4.69) is 15.3 Å². The number of aromatic amines is 1. The molecule has 5 rings (SSSR count). The number of nitrogens with one attached hydrogen (secondary N) is 2. The maximum absolute atomic E-state index is 13.8. The molecule has 1 fully saturated rings. The fraction of sp³-hybridized carbons (Fsp3) is 0.280. The zero-order valence-electron chi connectivity index (χ0n) is 18.3. The number of carbonyl (C=O) groups is 1. The van der Waals surface area contributed by atoms with Crippen LogP contribution in [0.15, 0.2) is 42.6 Å². The Labute approximate surface area is 194 Å². The Morgan fingerprint density at radius 2 is 1.88 bits per heavy atom. The maximum atomic E-state index is 13.8. The number of pyridine rings is 1. The lowest BCUT2D eigenvalue weighted by molar-refractivity contribution is -0.137. The molecule has 2 aliphatic heterocycles. The van der Waals surface area contributed by atoms with Crippen LogP contribution in [0.25, 0.3) is 23.4 Å². The molecule has 2 N–H and O–H groups in total. The second-order valence-electron chi connectivity index (χ2n) is 8.25. The summed E-state index contributed by atoms with van der Waals surface area (Å²) in [6, 6.07) is 9.76. The van der Waals surface area contributed by atoms with Crippen molar-refractivity contribution in [2.24, 2.45) is 0 Å². The number of amides is 1. The molecule has 2 aliphatic rings. The van der Waals surface area contributed by atoms with E-state index in [1.807, 2.05) is 4.90 Å². The number of rotatable bonds is 4. The number of H-pyrrole nitrogens is 1. The highest BCUT2D eigenvalue weighted by atomic mass is 19.4. The fourth-order valence-electron chi connectivity index (χ4n) is 4.28. The van der Waals surface area contributed by atoms with Gasteiger partial charge in [0.05, 0.1) is 30.0 Å². The lowest BCUT2D eigenvalue weighted by atomic mass is 10.0. The highest BCUT2D eigenvalue weighted by Gasteiger charge is 2.33. The third kappa shape index (κ3) is 4.56. The predicted molar refractivity (Wildman–Crippen MR) is 123 cm³/mol. The first-order valence-electron chi connectivity index (χ1n) is 11.1. The van der Waals surface area contributed by atoms with Crippen molar-refractivity contribution in [1.82, 2.24) is 15.3 Å². The summed E-state index contributed by atoms with van der Waals surface area (Å²) in [7, 11) is 0. The van der Waals surface area contributed by atoms with Crippen molar-refractivity contribution in [3.8, 4) is 11.3 Å². The van der Waals surface area contributed by atoms with Gasteiger partial charge in [0.2, 0.25) is 0 Å². The Balaban J connectivity index is 1.42. The van der Waals surface area contributed by atoms with Gasteiger partial charge in [0, 0.05) is 54.9 Å². The highest BCUT2D eigenvalue weighted by molar-refractivity contribution is 5.97. The molecule has 0 radical (unpaired) electrons. The summed E-state index contributed by atoms with van der Waals surface area (Å²) in [5.41, 5.74) is 3.50. The van der Waals surface area contributed by atoms with Crippen LogP contribution < -0.4 is 10.2 Å². The molecule has 0 aliphatic carbocycles. The number of benzene rings is 1. The average Bonchev–Trinajstić information content (AvgIpc) is 3.29. The van der Waals surface area contributed by atoms with Crippen LogP contribution >= 0.6 is 0 Å². The normalized spacial score (nSPS) is 16.6. The summed E-state index contributed by atoms with van der Waals surface area (Å²) in [5, 5.41) is 2.81. The van der Waals surface area contributed by atoms with E-state index >= 15 is 0 Å². The lowest BCUT2D eigenvalue weighted by Crippen LogP contribution is -2.36. The van der Waals surface area contributed by atoms with Gasteiger partial charge < -0.3 is 19.9 Å². The lowest BCUT2D eigenvalue weighted by Gasteiger charge is -2.29. The second kappa shape index (κ2) is 8.98. The molecule has 9 heteroatoms.